The van der Waals surface area contributed by atoms with E-state index in [1.807, 2.05) is 27.7 Å². The molecule has 0 aliphatic heterocycles. The molecule has 0 bridgehead atoms. The van der Waals surface area contributed by atoms with Crippen LogP contribution in [0.15, 0.2) is 12.4 Å². The molecule has 0 spiro atoms. The van der Waals surface area contributed by atoms with Crippen molar-refractivity contribution in [3.05, 3.63) is 29.5 Å². The van der Waals surface area contributed by atoms with Gasteiger partial charge in [-0.15, -0.1) is 0 Å². The summed E-state index contributed by atoms with van der Waals surface area (Å²) in [4.78, 5) is 7.54. The molecule has 22 heavy (non-hydrogen) atoms. The first-order chi connectivity index (χ1) is 9.89. The van der Waals surface area contributed by atoms with Crippen molar-refractivity contribution in [1.29, 1.82) is 0 Å². The van der Waals surface area contributed by atoms with E-state index in [0.717, 1.165) is 12.0 Å². The van der Waals surface area contributed by atoms with Crippen LogP contribution in [-0.2, 0) is 17.8 Å². The van der Waals surface area contributed by atoms with Crippen LogP contribution in [-0.4, -0.2) is 20.5 Å². The van der Waals surface area contributed by atoms with Crippen LogP contribution in [0.5, 0.6) is 0 Å². The molecular formula is C14H16F5N3. The van der Waals surface area contributed by atoms with Gasteiger partial charge in [-0.1, -0.05) is 27.7 Å². The largest absolute Gasteiger partial charge is 0.459 e. The second kappa shape index (κ2) is 4.89. The Kier molecular flexibility index (Phi) is 3.70. The van der Waals surface area contributed by atoms with Gasteiger partial charge in [0.2, 0.25) is 0 Å². The third-order valence-electron chi connectivity index (χ3n) is 3.34. The van der Waals surface area contributed by atoms with Gasteiger partial charge in [0, 0.05) is 17.2 Å². The first kappa shape index (κ1) is 16.6. The molecule has 0 amide bonds. The summed E-state index contributed by atoms with van der Waals surface area (Å²) in [6, 6.07) is 0.696. The number of hydrogen-bond donors (Lipinski definition) is 0. The summed E-state index contributed by atoms with van der Waals surface area (Å²) in [5.74, 6) is -5.00. The molecule has 0 atom stereocenters. The van der Waals surface area contributed by atoms with E-state index in [9.17, 15) is 22.0 Å². The minimum Gasteiger partial charge on any atom is -0.287 e. The number of alkyl halides is 5. The quantitative estimate of drug-likeness (QED) is 0.774. The van der Waals surface area contributed by atoms with E-state index in [-0.39, 0.29) is 11.1 Å². The molecule has 2 heterocycles. The number of halogens is 5. The molecule has 0 saturated carbocycles. The Morgan fingerprint density at radius 3 is 2.14 bits per heavy atom. The van der Waals surface area contributed by atoms with Crippen LogP contribution < -0.4 is 0 Å². The Morgan fingerprint density at radius 2 is 1.68 bits per heavy atom. The Labute approximate surface area is 124 Å². The van der Waals surface area contributed by atoms with Gasteiger partial charge in [-0.05, 0) is 6.42 Å². The molecule has 0 N–H and O–H groups in total. The van der Waals surface area contributed by atoms with E-state index in [1.54, 1.807) is 0 Å². The fourth-order valence-electron chi connectivity index (χ4n) is 2.25. The third kappa shape index (κ3) is 2.55. The highest BCUT2D eigenvalue weighted by Gasteiger charge is 2.60. The molecule has 0 fully saturated rings. The molecule has 2 rings (SSSR count). The van der Waals surface area contributed by atoms with Gasteiger partial charge in [-0.2, -0.15) is 22.0 Å². The van der Waals surface area contributed by atoms with Crippen LogP contribution >= 0.6 is 0 Å². The maximum atomic E-state index is 13.4. The summed E-state index contributed by atoms with van der Waals surface area (Å²) in [6.45, 7) is 7.54. The number of aryl methyl sites for hydroxylation is 1. The highest BCUT2D eigenvalue weighted by atomic mass is 19.4. The topological polar surface area (TPSA) is 30.2 Å². The summed E-state index contributed by atoms with van der Waals surface area (Å²) in [7, 11) is 0. The second-order valence-electron chi connectivity index (χ2n) is 6.09. The highest BCUT2D eigenvalue weighted by Crippen LogP contribution is 2.43. The lowest BCUT2D eigenvalue weighted by Crippen LogP contribution is -2.34. The van der Waals surface area contributed by atoms with Gasteiger partial charge >= 0.3 is 12.1 Å². The maximum Gasteiger partial charge on any atom is 0.459 e. The van der Waals surface area contributed by atoms with Crippen molar-refractivity contribution in [2.24, 2.45) is 0 Å². The van der Waals surface area contributed by atoms with Gasteiger partial charge in [0.05, 0.1) is 5.69 Å². The molecule has 0 saturated heterocycles. The Bertz CT molecular complexity index is 695. The van der Waals surface area contributed by atoms with Gasteiger partial charge in [0.15, 0.2) is 0 Å². The number of rotatable bonds is 2. The molecule has 3 nitrogen and oxygen atoms in total. The first-order valence-electron chi connectivity index (χ1n) is 6.72. The molecule has 2 aromatic rings. The maximum absolute atomic E-state index is 13.4. The summed E-state index contributed by atoms with van der Waals surface area (Å²) < 4.78 is 65.6. The lowest BCUT2D eigenvalue weighted by molar-refractivity contribution is -0.290. The summed E-state index contributed by atoms with van der Waals surface area (Å²) in [5, 5.41) is 0. The Hall–Kier alpha value is -1.73. The fourth-order valence-corrected chi connectivity index (χ4v) is 2.25. The zero-order valence-corrected chi connectivity index (χ0v) is 12.6. The van der Waals surface area contributed by atoms with Crippen molar-refractivity contribution >= 4 is 5.65 Å². The molecule has 0 aliphatic carbocycles. The van der Waals surface area contributed by atoms with Gasteiger partial charge in [-0.3, -0.25) is 4.40 Å². The number of nitrogens with zero attached hydrogens (tertiary/aromatic N) is 3. The standard InChI is InChI=1S/C14H16F5N3/c1-5-8-11(12(2,3)4)21-10-6-9(20-7-22(8)10)13(15,16)14(17,18)19/h6-7H,5H2,1-4H3. The van der Waals surface area contributed by atoms with Crippen molar-refractivity contribution in [1.82, 2.24) is 14.4 Å². The van der Waals surface area contributed by atoms with Gasteiger partial charge in [0.25, 0.3) is 0 Å². The molecule has 0 radical (unpaired) electrons. The number of hydrogen-bond acceptors (Lipinski definition) is 2. The van der Waals surface area contributed by atoms with E-state index in [1.165, 1.54) is 4.40 Å². The predicted molar refractivity (Wildman–Crippen MR) is 71.0 cm³/mol. The third-order valence-corrected chi connectivity index (χ3v) is 3.34. The highest BCUT2D eigenvalue weighted by molar-refractivity contribution is 5.46. The fraction of sp³-hybridized carbons (Fsp3) is 0.571. The lowest BCUT2D eigenvalue weighted by atomic mass is 9.90. The SMILES string of the molecule is CCc1c(C(C)(C)C)nc2cc(C(F)(F)C(F)(F)F)ncn12. The van der Waals surface area contributed by atoms with Crippen LogP contribution in [0.25, 0.3) is 5.65 Å². The smallest absolute Gasteiger partial charge is 0.287 e. The molecular weight excluding hydrogens is 305 g/mol. The average Bonchev–Trinajstić information content (AvgIpc) is 2.74. The molecule has 122 valence electrons. The van der Waals surface area contributed by atoms with Crippen LogP contribution in [0.4, 0.5) is 22.0 Å². The Balaban J connectivity index is 2.67. The number of aromatic nitrogens is 3. The minimum absolute atomic E-state index is 0.0377. The number of fused-ring (bicyclic) bond motifs is 1. The lowest BCUT2D eigenvalue weighted by Gasteiger charge is -2.18. The molecule has 0 aromatic carbocycles. The van der Waals surface area contributed by atoms with E-state index in [0.29, 0.717) is 18.2 Å². The van der Waals surface area contributed by atoms with E-state index >= 15 is 0 Å². The molecule has 0 aliphatic rings. The predicted octanol–water partition coefficient (Wildman–Crippen LogP) is 4.24. The van der Waals surface area contributed by atoms with E-state index < -0.39 is 17.8 Å². The van der Waals surface area contributed by atoms with Crippen LogP contribution in [0.2, 0.25) is 0 Å². The zero-order chi connectivity index (χ0) is 16.9. The first-order valence-corrected chi connectivity index (χ1v) is 6.72. The average molecular weight is 321 g/mol. The number of imidazole rings is 1. The van der Waals surface area contributed by atoms with Crippen molar-refractivity contribution in [3.8, 4) is 0 Å². The minimum atomic E-state index is -5.69. The van der Waals surface area contributed by atoms with Crippen LogP contribution in [0.1, 0.15) is 44.8 Å². The van der Waals surface area contributed by atoms with Gasteiger partial charge in [0.1, 0.15) is 17.7 Å². The monoisotopic (exact) mass is 321 g/mol. The van der Waals surface area contributed by atoms with Crippen molar-refractivity contribution in [2.45, 2.75) is 51.6 Å². The summed E-state index contributed by atoms with van der Waals surface area (Å²) >= 11 is 0. The molecule has 8 heteroatoms. The van der Waals surface area contributed by atoms with Gasteiger partial charge < -0.3 is 0 Å². The van der Waals surface area contributed by atoms with E-state index in [4.69, 9.17) is 0 Å². The normalized spacial score (nSPS) is 13.9. The van der Waals surface area contributed by atoms with Crippen LogP contribution in [0.3, 0.4) is 0 Å². The van der Waals surface area contributed by atoms with Crippen molar-refractivity contribution in [3.63, 3.8) is 0 Å². The van der Waals surface area contributed by atoms with Gasteiger partial charge in [-0.25, -0.2) is 9.97 Å². The van der Waals surface area contributed by atoms with Crippen molar-refractivity contribution < 1.29 is 22.0 Å². The summed E-state index contributed by atoms with van der Waals surface area (Å²) in [6.07, 6.45) is -4.15. The molecule has 2 aromatic heterocycles. The zero-order valence-electron chi connectivity index (χ0n) is 12.6. The second-order valence-corrected chi connectivity index (χ2v) is 6.09. The summed E-state index contributed by atoms with van der Waals surface area (Å²) in [5.41, 5.74) is -0.262. The van der Waals surface area contributed by atoms with Crippen LogP contribution in [0, 0.1) is 0 Å². The van der Waals surface area contributed by atoms with E-state index in [2.05, 4.69) is 9.97 Å². The molecule has 0 unspecified atom stereocenters. The van der Waals surface area contributed by atoms with Crippen molar-refractivity contribution in [2.75, 3.05) is 0 Å². The Morgan fingerprint density at radius 1 is 1.09 bits per heavy atom.